The zero-order valence-corrected chi connectivity index (χ0v) is 13.4. The summed E-state index contributed by atoms with van der Waals surface area (Å²) in [5.74, 6) is -0.816. The standard InChI is InChI=1S/C18H21FN2O3/c19-13-5-1-3-11(7-13)14-8-15(14)20-17(24)21-9-12-4-2-6-18(12,10-21)16(22)23/h1,3,5,7,12,14-15H,2,4,6,8-10H2,(H,20,24)(H,22,23)/t12-,14?,15?,18+/m0/s1. The molecule has 0 spiro atoms. The highest BCUT2D eigenvalue weighted by molar-refractivity contribution is 5.81. The molecule has 6 heteroatoms. The zero-order chi connectivity index (χ0) is 16.9. The molecule has 2 N–H and O–H groups in total. The molecule has 1 aromatic carbocycles. The van der Waals surface area contributed by atoms with Crippen molar-refractivity contribution in [2.75, 3.05) is 13.1 Å². The second-order valence-corrected chi connectivity index (χ2v) is 7.38. The molecule has 1 aromatic rings. The molecule has 2 aliphatic carbocycles. The SMILES string of the molecule is O=C(NC1CC1c1cccc(F)c1)N1C[C@@H]2CCC[C@@]2(C(=O)O)C1. The van der Waals surface area contributed by atoms with E-state index in [9.17, 15) is 19.1 Å². The lowest BCUT2D eigenvalue weighted by molar-refractivity contribution is -0.149. The van der Waals surface area contributed by atoms with Crippen molar-refractivity contribution in [3.63, 3.8) is 0 Å². The highest BCUT2D eigenvalue weighted by Gasteiger charge is 2.56. The lowest BCUT2D eigenvalue weighted by atomic mass is 9.81. The van der Waals surface area contributed by atoms with Crippen LogP contribution in [0.2, 0.25) is 0 Å². The lowest BCUT2D eigenvalue weighted by Gasteiger charge is -2.23. The Kier molecular flexibility index (Phi) is 3.51. The first kappa shape index (κ1) is 15.4. The summed E-state index contributed by atoms with van der Waals surface area (Å²) in [4.78, 5) is 25.8. The van der Waals surface area contributed by atoms with Gasteiger partial charge >= 0.3 is 12.0 Å². The largest absolute Gasteiger partial charge is 0.481 e. The van der Waals surface area contributed by atoms with Crippen molar-refractivity contribution in [1.29, 1.82) is 0 Å². The second kappa shape index (κ2) is 5.46. The van der Waals surface area contributed by atoms with Gasteiger partial charge in [-0.1, -0.05) is 18.6 Å². The maximum Gasteiger partial charge on any atom is 0.317 e. The summed E-state index contributed by atoms with van der Waals surface area (Å²) in [6.45, 7) is 0.825. The van der Waals surface area contributed by atoms with Crippen molar-refractivity contribution >= 4 is 12.0 Å². The van der Waals surface area contributed by atoms with Gasteiger partial charge in [-0.3, -0.25) is 4.79 Å². The first-order valence-electron chi connectivity index (χ1n) is 8.54. The average Bonchev–Trinajstić information content (AvgIpc) is 3.01. The Morgan fingerprint density at radius 3 is 2.92 bits per heavy atom. The number of urea groups is 1. The number of carbonyl (C=O) groups is 2. The maximum atomic E-state index is 13.3. The Labute approximate surface area is 139 Å². The summed E-state index contributed by atoms with van der Waals surface area (Å²) < 4.78 is 13.3. The van der Waals surface area contributed by atoms with Gasteiger partial charge in [0, 0.05) is 25.0 Å². The number of benzene rings is 1. The molecule has 0 radical (unpaired) electrons. The number of aliphatic carboxylic acids is 1. The van der Waals surface area contributed by atoms with Crippen LogP contribution in [-0.4, -0.2) is 41.1 Å². The number of fused-ring (bicyclic) bond motifs is 1. The van der Waals surface area contributed by atoms with E-state index in [0.29, 0.717) is 19.5 Å². The van der Waals surface area contributed by atoms with Gasteiger partial charge in [-0.05, 0) is 42.9 Å². The number of nitrogens with one attached hydrogen (secondary N) is 1. The van der Waals surface area contributed by atoms with Crippen LogP contribution < -0.4 is 5.32 Å². The third kappa shape index (κ3) is 2.44. The molecule has 4 atom stereocenters. The molecule has 3 aliphatic rings. The van der Waals surface area contributed by atoms with Gasteiger partial charge in [0.2, 0.25) is 0 Å². The maximum absolute atomic E-state index is 13.3. The number of hydrogen-bond donors (Lipinski definition) is 2. The number of amides is 2. The molecule has 1 aliphatic heterocycles. The normalized spacial score (nSPS) is 34.0. The van der Waals surface area contributed by atoms with Crippen LogP contribution >= 0.6 is 0 Å². The number of nitrogens with zero attached hydrogens (tertiary/aromatic N) is 1. The summed E-state index contributed by atoms with van der Waals surface area (Å²) in [5, 5.41) is 12.6. The van der Waals surface area contributed by atoms with Crippen LogP contribution in [0.25, 0.3) is 0 Å². The molecule has 128 valence electrons. The van der Waals surface area contributed by atoms with Crippen LogP contribution in [-0.2, 0) is 4.79 Å². The van der Waals surface area contributed by atoms with Crippen molar-refractivity contribution in [1.82, 2.24) is 10.2 Å². The minimum Gasteiger partial charge on any atom is -0.481 e. The monoisotopic (exact) mass is 332 g/mol. The van der Waals surface area contributed by atoms with Crippen molar-refractivity contribution in [2.24, 2.45) is 11.3 Å². The van der Waals surface area contributed by atoms with Crippen molar-refractivity contribution in [3.05, 3.63) is 35.6 Å². The van der Waals surface area contributed by atoms with E-state index >= 15 is 0 Å². The van der Waals surface area contributed by atoms with Gasteiger partial charge in [0.1, 0.15) is 5.82 Å². The minimum atomic E-state index is -0.774. The van der Waals surface area contributed by atoms with Gasteiger partial charge in [-0.2, -0.15) is 0 Å². The smallest absolute Gasteiger partial charge is 0.317 e. The van der Waals surface area contributed by atoms with Gasteiger partial charge in [-0.25, -0.2) is 9.18 Å². The fourth-order valence-electron chi connectivity index (χ4n) is 4.50. The highest BCUT2D eigenvalue weighted by Crippen LogP contribution is 2.49. The molecule has 1 heterocycles. The van der Waals surface area contributed by atoms with E-state index in [2.05, 4.69) is 5.32 Å². The Hall–Kier alpha value is -2.11. The molecule has 2 unspecified atom stereocenters. The molecular weight excluding hydrogens is 311 g/mol. The Balaban J connectivity index is 1.38. The van der Waals surface area contributed by atoms with Gasteiger partial charge in [-0.15, -0.1) is 0 Å². The molecule has 0 aromatic heterocycles. The van der Waals surface area contributed by atoms with E-state index in [4.69, 9.17) is 0 Å². The molecular formula is C18H21FN2O3. The number of hydrogen-bond acceptors (Lipinski definition) is 2. The van der Waals surface area contributed by atoms with E-state index in [1.54, 1.807) is 11.0 Å². The summed E-state index contributed by atoms with van der Waals surface area (Å²) in [5.41, 5.74) is 0.156. The van der Waals surface area contributed by atoms with E-state index < -0.39 is 11.4 Å². The molecule has 2 amide bonds. The minimum absolute atomic E-state index is 0.0144. The van der Waals surface area contributed by atoms with Crippen LogP contribution in [0.4, 0.5) is 9.18 Å². The summed E-state index contributed by atoms with van der Waals surface area (Å²) in [6.07, 6.45) is 3.27. The summed E-state index contributed by atoms with van der Waals surface area (Å²) >= 11 is 0. The van der Waals surface area contributed by atoms with Gasteiger partial charge < -0.3 is 15.3 Å². The van der Waals surface area contributed by atoms with Gasteiger partial charge in [0.15, 0.2) is 0 Å². The predicted molar refractivity (Wildman–Crippen MR) is 85.1 cm³/mol. The number of rotatable bonds is 3. The number of carbonyl (C=O) groups excluding carboxylic acids is 1. The Bertz CT molecular complexity index is 695. The number of carboxylic acids is 1. The van der Waals surface area contributed by atoms with Gasteiger partial charge in [0.25, 0.3) is 0 Å². The van der Waals surface area contributed by atoms with Crippen LogP contribution in [0.1, 0.15) is 37.2 Å². The lowest BCUT2D eigenvalue weighted by Crippen LogP contribution is -2.42. The molecule has 3 fully saturated rings. The summed E-state index contributed by atoms with van der Waals surface area (Å²) in [6, 6.07) is 6.30. The fraction of sp³-hybridized carbons (Fsp3) is 0.556. The number of likely N-dealkylation sites (tertiary alicyclic amines) is 1. The zero-order valence-electron chi connectivity index (χ0n) is 13.4. The molecule has 0 bridgehead atoms. The van der Waals surface area contributed by atoms with Crippen molar-refractivity contribution < 1.29 is 19.1 Å². The number of carboxylic acid groups (broad SMARTS) is 1. The highest BCUT2D eigenvalue weighted by atomic mass is 19.1. The summed E-state index contributed by atoms with van der Waals surface area (Å²) in [7, 11) is 0. The van der Waals surface area contributed by atoms with Crippen LogP contribution in [0.5, 0.6) is 0 Å². The topological polar surface area (TPSA) is 69.6 Å². The Morgan fingerprint density at radius 1 is 1.38 bits per heavy atom. The molecule has 5 nitrogen and oxygen atoms in total. The quantitative estimate of drug-likeness (QED) is 0.894. The first-order chi connectivity index (χ1) is 11.5. The van der Waals surface area contributed by atoms with E-state index in [0.717, 1.165) is 24.8 Å². The van der Waals surface area contributed by atoms with Gasteiger partial charge in [0.05, 0.1) is 5.41 Å². The van der Waals surface area contributed by atoms with E-state index in [-0.39, 0.29) is 29.7 Å². The third-order valence-corrected chi connectivity index (χ3v) is 5.96. The number of halogens is 1. The second-order valence-electron chi connectivity index (χ2n) is 7.38. The van der Waals surface area contributed by atoms with Crippen molar-refractivity contribution in [2.45, 2.75) is 37.6 Å². The van der Waals surface area contributed by atoms with Crippen molar-refractivity contribution in [3.8, 4) is 0 Å². The van der Waals surface area contributed by atoms with Crippen LogP contribution in [0.15, 0.2) is 24.3 Å². The molecule has 2 saturated carbocycles. The van der Waals surface area contributed by atoms with Crippen LogP contribution in [0.3, 0.4) is 0 Å². The fourth-order valence-corrected chi connectivity index (χ4v) is 4.50. The van der Waals surface area contributed by atoms with E-state index in [1.165, 1.54) is 12.1 Å². The molecule has 4 rings (SSSR count). The van der Waals surface area contributed by atoms with E-state index in [1.807, 2.05) is 6.07 Å². The Morgan fingerprint density at radius 2 is 2.21 bits per heavy atom. The van der Waals surface area contributed by atoms with Crippen LogP contribution in [0, 0.1) is 17.2 Å². The molecule has 24 heavy (non-hydrogen) atoms. The predicted octanol–water partition coefficient (Wildman–Crippen LogP) is 2.58. The first-order valence-corrected chi connectivity index (χ1v) is 8.54. The molecule has 1 saturated heterocycles. The average molecular weight is 332 g/mol. The third-order valence-electron chi connectivity index (χ3n) is 5.96.